The monoisotopic (exact) mass is 191 g/mol. The van der Waals surface area contributed by atoms with E-state index < -0.39 is 0 Å². The average Bonchev–Trinajstić information content (AvgIpc) is 2.62. The maximum atomic E-state index is 5.48. The zero-order valence-electron chi connectivity index (χ0n) is 6.97. The second-order valence-corrected chi connectivity index (χ2v) is 3.72. The van der Waals surface area contributed by atoms with Gasteiger partial charge in [0.05, 0.1) is 18.1 Å². The Morgan fingerprint density at radius 1 is 1.31 bits per heavy atom. The van der Waals surface area contributed by atoms with Gasteiger partial charge in [-0.15, -0.1) is 11.3 Å². The van der Waals surface area contributed by atoms with Gasteiger partial charge in [0.15, 0.2) is 0 Å². The molecule has 4 heteroatoms. The number of nitrogen functional groups attached to an aromatic ring is 1. The summed E-state index contributed by atoms with van der Waals surface area (Å²) in [6.45, 7) is 0. The highest BCUT2D eigenvalue weighted by Gasteiger charge is 1.98. The number of aromatic nitrogens is 2. The van der Waals surface area contributed by atoms with E-state index in [4.69, 9.17) is 5.73 Å². The first-order chi connectivity index (χ1) is 6.34. The van der Waals surface area contributed by atoms with Gasteiger partial charge >= 0.3 is 0 Å². The summed E-state index contributed by atoms with van der Waals surface area (Å²) in [5.74, 6) is 0.816. The smallest absolute Gasteiger partial charge is 0.133 e. The summed E-state index contributed by atoms with van der Waals surface area (Å²) < 4.78 is 0. The number of thiophene rings is 1. The lowest BCUT2D eigenvalue weighted by Crippen LogP contribution is -1.96. The van der Waals surface area contributed by atoms with Gasteiger partial charge in [-0.1, -0.05) is 6.07 Å². The van der Waals surface area contributed by atoms with E-state index in [0.29, 0.717) is 5.69 Å². The summed E-state index contributed by atoms with van der Waals surface area (Å²) in [5, 5.41) is 2.05. The van der Waals surface area contributed by atoms with Crippen LogP contribution < -0.4 is 5.73 Å². The molecule has 0 saturated heterocycles. The molecule has 0 aliphatic carbocycles. The Labute approximate surface area is 80.3 Å². The van der Waals surface area contributed by atoms with Crippen molar-refractivity contribution in [3.63, 3.8) is 0 Å². The maximum Gasteiger partial charge on any atom is 0.133 e. The van der Waals surface area contributed by atoms with Crippen molar-refractivity contribution < 1.29 is 0 Å². The molecule has 0 bridgehead atoms. The molecule has 66 valence electrons. The minimum Gasteiger partial charge on any atom is -0.396 e. The normalized spacial score (nSPS) is 10.2. The van der Waals surface area contributed by atoms with Gasteiger partial charge in [-0.2, -0.15) is 0 Å². The number of anilines is 1. The van der Waals surface area contributed by atoms with Crippen molar-refractivity contribution in [1.29, 1.82) is 0 Å². The Hall–Kier alpha value is -1.42. The Balaban J connectivity index is 2.15. The molecular weight excluding hydrogens is 182 g/mol. The highest BCUT2D eigenvalue weighted by atomic mass is 32.1. The molecule has 0 aliphatic heterocycles. The SMILES string of the molecule is Nc1cnc(Cc2cccs2)nc1. The zero-order valence-corrected chi connectivity index (χ0v) is 7.79. The summed E-state index contributed by atoms with van der Waals surface area (Å²) >= 11 is 1.71. The molecule has 0 unspecified atom stereocenters. The molecule has 13 heavy (non-hydrogen) atoms. The fourth-order valence-corrected chi connectivity index (χ4v) is 1.73. The molecule has 2 heterocycles. The van der Waals surface area contributed by atoms with Crippen LogP contribution in [0.1, 0.15) is 10.7 Å². The fourth-order valence-electron chi connectivity index (χ4n) is 1.03. The van der Waals surface area contributed by atoms with Crippen LogP contribution in [0, 0.1) is 0 Å². The third-order valence-electron chi connectivity index (χ3n) is 1.64. The Bertz CT molecular complexity index is 366. The van der Waals surface area contributed by atoms with Crippen LogP contribution in [-0.4, -0.2) is 9.97 Å². The molecule has 0 aromatic carbocycles. The number of hydrogen-bond acceptors (Lipinski definition) is 4. The van der Waals surface area contributed by atoms with Crippen LogP contribution in [0.3, 0.4) is 0 Å². The largest absolute Gasteiger partial charge is 0.396 e. The van der Waals surface area contributed by atoms with Gasteiger partial charge in [0, 0.05) is 11.3 Å². The van der Waals surface area contributed by atoms with Crippen molar-refractivity contribution >= 4 is 17.0 Å². The van der Waals surface area contributed by atoms with Gasteiger partial charge in [0.25, 0.3) is 0 Å². The number of nitrogens with zero attached hydrogens (tertiary/aromatic N) is 2. The Morgan fingerprint density at radius 3 is 2.69 bits per heavy atom. The lowest BCUT2D eigenvalue weighted by atomic mass is 10.3. The van der Waals surface area contributed by atoms with Crippen molar-refractivity contribution in [3.05, 3.63) is 40.6 Å². The summed E-state index contributed by atoms with van der Waals surface area (Å²) in [6.07, 6.45) is 4.06. The van der Waals surface area contributed by atoms with E-state index in [2.05, 4.69) is 16.0 Å². The molecule has 2 rings (SSSR count). The van der Waals surface area contributed by atoms with Crippen molar-refractivity contribution in [3.8, 4) is 0 Å². The summed E-state index contributed by atoms with van der Waals surface area (Å²) in [7, 11) is 0. The molecule has 0 amide bonds. The van der Waals surface area contributed by atoms with Crippen LogP contribution in [0.4, 0.5) is 5.69 Å². The van der Waals surface area contributed by atoms with E-state index in [0.717, 1.165) is 12.2 Å². The predicted molar refractivity (Wildman–Crippen MR) is 53.6 cm³/mol. The van der Waals surface area contributed by atoms with Crippen molar-refractivity contribution in [2.45, 2.75) is 6.42 Å². The predicted octanol–water partition coefficient (Wildman–Crippen LogP) is 1.71. The lowest BCUT2D eigenvalue weighted by molar-refractivity contribution is 0.983. The van der Waals surface area contributed by atoms with Crippen molar-refractivity contribution in [2.75, 3.05) is 5.73 Å². The number of hydrogen-bond donors (Lipinski definition) is 1. The molecule has 0 saturated carbocycles. The maximum absolute atomic E-state index is 5.48. The second kappa shape index (κ2) is 3.53. The van der Waals surface area contributed by atoms with E-state index in [1.165, 1.54) is 4.88 Å². The molecule has 0 radical (unpaired) electrons. The Kier molecular flexibility index (Phi) is 2.23. The summed E-state index contributed by atoms with van der Waals surface area (Å²) in [4.78, 5) is 9.52. The molecule has 2 aromatic heterocycles. The Morgan fingerprint density at radius 2 is 2.08 bits per heavy atom. The van der Waals surface area contributed by atoms with Gasteiger partial charge in [0.1, 0.15) is 5.82 Å². The fraction of sp³-hybridized carbons (Fsp3) is 0.111. The molecule has 0 atom stereocenters. The molecule has 2 N–H and O–H groups in total. The molecule has 3 nitrogen and oxygen atoms in total. The minimum absolute atomic E-state index is 0.606. The van der Waals surface area contributed by atoms with Crippen LogP contribution in [0.25, 0.3) is 0 Å². The number of nitrogens with two attached hydrogens (primary N) is 1. The van der Waals surface area contributed by atoms with Crippen molar-refractivity contribution in [2.24, 2.45) is 0 Å². The summed E-state index contributed by atoms with van der Waals surface area (Å²) in [6, 6.07) is 4.10. The van der Waals surface area contributed by atoms with Crippen LogP contribution in [0.2, 0.25) is 0 Å². The van der Waals surface area contributed by atoms with Gasteiger partial charge in [-0.3, -0.25) is 0 Å². The summed E-state index contributed by atoms with van der Waals surface area (Å²) in [5.41, 5.74) is 6.08. The molecule has 0 fully saturated rings. The topological polar surface area (TPSA) is 51.8 Å². The van der Waals surface area contributed by atoms with Crippen LogP contribution >= 0.6 is 11.3 Å². The lowest BCUT2D eigenvalue weighted by Gasteiger charge is -1.96. The van der Waals surface area contributed by atoms with E-state index in [-0.39, 0.29) is 0 Å². The van der Waals surface area contributed by atoms with Crippen molar-refractivity contribution in [1.82, 2.24) is 9.97 Å². The molecular formula is C9H9N3S. The second-order valence-electron chi connectivity index (χ2n) is 2.69. The molecule has 0 spiro atoms. The molecule has 2 aromatic rings. The van der Waals surface area contributed by atoms with E-state index in [9.17, 15) is 0 Å². The van der Waals surface area contributed by atoms with E-state index in [1.54, 1.807) is 23.7 Å². The first-order valence-electron chi connectivity index (χ1n) is 3.93. The van der Waals surface area contributed by atoms with Crippen LogP contribution in [0.5, 0.6) is 0 Å². The van der Waals surface area contributed by atoms with Gasteiger partial charge in [0.2, 0.25) is 0 Å². The van der Waals surface area contributed by atoms with E-state index >= 15 is 0 Å². The van der Waals surface area contributed by atoms with E-state index in [1.807, 2.05) is 11.4 Å². The van der Waals surface area contributed by atoms with Gasteiger partial charge in [-0.05, 0) is 11.4 Å². The van der Waals surface area contributed by atoms with Crippen LogP contribution in [-0.2, 0) is 6.42 Å². The standard InChI is InChI=1S/C9H9N3S/c10-7-5-11-9(12-6-7)4-8-2-1-3-13-8/h1-3,5-6H,4,10H2. The third kappa shape index (κ3) is 2.03. The van der Waals surface area contributed by atoms with Gasteiger partial charge < -0.3 is 5.73 Å². The average molecular weight is 191 g/mol. The van der Waals surface area contributed by atoms with Crippen LogP contribution in [0.15, 0.2) is 29.9 Å². The third-order valence-corrected chi connectivity index (χ3v) is 2.51. The zero-order chi connectivity index (χ0) is 9.10. The number of rotatable bonds is 2. The molecule has 0 aliphatic rings. The quantitative estimate of drug-likeness (QED) is 0.786. The first-order valence-corrected chi connectivity index (χ1v) is 4.81. The highest BCUT2D eigenvalue weighted by molar-refractivity contribution is 7.09. The first kappa shape index (κ1) is 8.19. The minimum atomic E-state index is 0.606. The van der Waals surface area contributed by atoms with Gasteiger partial charge in [-0.25, -0.2) is 9.97 Å². The highest BCUT2D eigenvalue weighted by Crippen LogP contribution is 2.12.